The Bertz CT molecular complexity index is 491. The highest BCUT2D eigenvalue weighted by atomic mass is 35.7. The van der Waals surface area contributed by atoms with Crippen LogP contribution in [-0.4, -0.2) is 28.2 Å². The summed E-state index contributed by atoms with van der Waals surface area (Å²) in [4.78, 5) is 0.0738. The molecule has 0 amide bonds. The molecular formula is C11H13ClO4S. The minimum absolute atomic E-state index is 0.0667. The lowest BCUT2D eigenvalue weighted by Gasteiger charge is -2.37. The molecule has 1 fully saturated rings. The van der Waals surface area contributed by atoms with Crippen LogP contribution in [-0.2, 0) is 13.8 Å². The van der Waals surface area contributed by atoms with Crippen LogP contribution >= 0.6 is 10.7 Å². The first kappa shape index (κ1) is 12.7. The molecular weight excluding hydrogens is 264 g/mol. The van der Waals surface area contributed by atoms with Gasteiger partial charge in [0.25, 0.3) is 9.05 Å². The Morgan fingerprint density at radius 3 is 2.35 bits per heavy atom. The highest BCUT2D eigenvalue weighted by molar-refractivity contribution is 8.13. The molecule has 0 radical (unpaired) electrons. The molecule has 0 aliphatic carbocycles. The summed E-state index contributed by atoms with van der Waals surface area (Å²) < 4.78 is 32.7. The molecule has 2 rings (SSSR count). The Labute approximate surface area is 105 Å². The fraction of sp³-hybridized carbons (Fsp3) is 0.455. The first-order chi connectivity index (χ1) is 7.89. The second kappa shape index (κ2) is 4.48. The molecule has 1 heterocycles. The van der Waals surface area contributed by atoms with Crippen molar-refractivity contribution in [2.24, 2.45) is 5.41 Å². The molecule has 1 aromatic carbocycles. The van der Waals surface area contributed by atoms with Crippen LogP contribution in [0.4, 0.5) is 0 Å². The number of rotatable bonds is 4. The third-order valence-corrected chi connectivity index (χ3v) is 3.96. The van der Waals surface area contributed by atoms with Gasteiger partial charge in [-0.1, -0.05) is 6.92 Å². The van der Waals surface area contributed by atoms with Gasteiger partial charge in [-0.3, -0.25) is 0 Å². The third kappa shape index (κ3) is 3.12. The lowest BCUT2D eigenvalue weighted by atomic mass is 9.90. The summed E-state index contributed by atoms with van der Waals surface area (Å²) in [5, 5.41) is 0. The average molecular weight is 277 g/mol. The van der Waals surface area contributed by atoms with Gasteiger partial charge in [0.15, 0.2) is 0 Å². The zero-order valence-electron chi connectivity index (χ0n) is 9.35. The van der Waals surface area contributed by atoms with E-state index in [2.05, 4.69) is 6.92 Å². The van der Waals surface area contributed by atoms with Crippen LogP contribution in [0.1, 0.15) is 6.92 Å². The van der Waals surface area contributed by atoms with Crippen molar-refractivity contribution in [2.75, 3.05) is 19.8 Å². The fourth-order valence-corrected chi connectivity index (χ4v) is 2.26. The summed E-state index contributed by atoms with van der Waals surface area (Å²) in [6.07, 6.45) is 0. The molecule has 0 unspecified atom stereocenters. The monoisotopic (exact) mass is 276 g/mol. The molecule has 94 valence electrons. The average Bonchev–Trinajstić information content (AvgIpc) is 2.23. The Kier molecular flexibility index (Phi) is 3.34. The van der Waals surface area contributed by atoms with Gasteiger partial charge in [0.1, 0.15) is 5.75 Å². The van der Waals surface area contributed by atoms with Gasteiger partial charge >= 0.3 is 0 Å². The van der Waals surface area contributed by atoms with E-state index in [1.165, 1.54) is 12.1 Å². The summed E-state index contributed by atoms with van der Waals surface area (Å²) in [5.74, 6) is 0.627. The maximum absolute atomic E-state index is 11.0. The van der Waals surface area contributed by atoms with Gasteiger partial charge in [-0.2, -0.15) is 0 Å². The van der Waals surface area contributed by atoms with Crippen LogP contribution in [0.2, 0.25) is 0 Å². The van der Waals surface area contributed by atoms with Crippen LogP contribution in [0.5, 0.6) is 5.75 Å². The predicted octanol–water partition coefficient (Wildman–Crippen LogP) is 2.03. The molecule has 0 N–H and O–H groups in total. The third-order valence-electron chi connectivity index (χ3n) is 2.59. The van der Waals surface area contributed by atoms with E-state index in [4.69, 9.17) is 20.2 Å². The van der Waals surface area contributed by atoms with E-state index in [1.54, 1.807) is 12.1 Å². The van der Waals surface area contributed by atoms with Gasteiger partial charge in [0.2, 0.25) is 0 Å². The van der Waals surface area contributed by atoms with Gasteiger partial charge in [0, 0.05) is 16.1 Å². The number of ether oxygens (including phenoxy) is 2. The quantitative estimate of drug-likeness (QED) is 0.790. The highest BCUT2D eigenvalue weighted by Crippen LogP contribution is 2.28. The fourth-order valence-electron chi connectivity index (χ4n) is 1.49. The molecule has 17 heavy (non-hydrogen) atoms. The Balaban J connectivity index is 1.99. The van der Waals surface area contributed by atoms with Crippen molar-refractivity contribution in [3.05, 3.63) is 24.3 Å². The number of benzene rings is 1. The summed E-state index contributed by atoms with van der Waals surface area (Å²) in [6, 6.07) is 6.05. The van der Waals surface area contributed by atoms with Crippen LogP contribution in [0.25, 0.3) is 0 Å². The van der Waals surface area contributed by atoms with E-state index in [0.29, 0.717) is 25.6 Å². The molecule has 0 saturated carbocycles. The van der Waals surface area contributed by atoms with Crippen molar-refractivity contribution < 1.29 is 17.9 Å². The molecule has 6 heteroatoms. The lowest BCUT2D eigenvalue weighted by molar-refractivity contribution is -0.120. The van der Waals surface area contributed by atoms with Crippen molar-refractivity contribution in [3.8, 4) is 5.75 Å². The Hall–Kier alpha value is -0.780. The van der Waals surface area contributed by atoms with Crippen molar-refractivity contribution in [3.63, 3.8) is 0 Å². The van der Waals surface area contributed by atoms with Crippen LogP contribution < -0.4 is 4.74 Å². The maximum Gasteiger partial charge on any atom is 0.261 e. The largest absolute Gasteiger partial charge is 0.493 e. The Morgan fingerprint density at radius 2 is 1.94 bits per heavy atom. The van der Waals surface area contributed by atoms with Gasteiger partial charge in [0.05, 0.1) is 24.7 Å². The standard InChI is InChI=1S/C11H13ClO4S/c1-11(6-15-7-11)8-16-9-2-4-10(5-3-9)17(12,13)14/h2-5H,6-8H2,1H3. The molecule has 4 nitrogen and oxygen atoms in total. The molecule has 1 aliphatic heterocycles. The Morgan fingerprint density at radius 1 is 1.35 bits per heavy atom. The summed E-state index contributed by atoms with van der Waals surface area (Å²) in [5.41, 5.74) is 0.0667. The second-order valence-corrected chi connectivity index (χ2v) is 7.07. The topological polar surface area (TPSA) is 52.6 Å². The van der Waals surface area contributed by atoms with E-state index in [9.17, 15) is 8.42 Å². The van der Waals surface area contributed by atoms with Crippen LogP contribution in [0.3, 0.4) is 0 Å². The van der Waals surface area contributed by atoms with Gasteiger partial charge in [-0.05, 0) is 24.3 Å². The SMILES string of the molecule is CC1(COc2ccc(S(=O)(=O)Cl)cc2)COC1. The van der Waals surface area contributed by atoms with Crippen LogP contribution in [0.15, 0.2) is 29.2 Å². The van der Waals surface area contributed by atoms with E-state index >= 15 is 0 Å². The van der Waals surface area contributed by atoms with E-state index in [1.807, 2.05) is 0 Å². The van der Waals surface area contributed by atoms with Gasteiger partial charge in [-0.25, -0.2) is 8.42 Å². The second-order valence-electron chi connectivity index (χ2n) is 4.50. The molecule has 1 aliphatic rings. The summed E-state index contributed by atoms with van der Waals surface area (Å²) >= 11 is 0. The zero-order valence-corrected chi connectivity index (χ0v) is 10.9. The molecule has 0 atom stereocenters. The number of hydrogen-bond acceptors (Lipinski definition) is 4. The minimum atomic E-state index is -3.66. The minimum Gasteiger partial charge on any atom is -0.493 e. The summed E-state index contributed by atoms with van der Waals surface area (Å²) in [7, 11) is 1.55. The van der Waals surface area contributed by atoms with Crippen molar-refractivity contribution in [1.82, 2.24) is 0 Å². The van der Waals surface area contributed by atoms with Crippen molar-refractivity contribution in [2.45, 2.75) is 11.8 Å². The zero-order chi connectivity index (χ0) is 12.5. The summed E-state index contributed by atoms with van der Waals surface area (Å²) in [6.45, 7) is 4.02. The first-order valence-corrected chi connectivity index (χ1v) is 7.45. The smallest absolute Gasteiger partial charge is 0.261 e. The molecule has 1 saturated heterocycles. The molecule has 1 aromatic rings. The highest BCUT2D eigenvalue weighted by Gasteiger charge is 2.34. The number of hydrogen-bond donors (Lipinski definition) is 0. The van der Waals surface area contributed by atoms with Gasteiger partial charge in [-0.15, -0.1) is 0 Å². The molecule has 0 spiro atoms. The normalized spacial score (nSPS) is 18.5. The molecule has 0 bridgehead atoms. The lowest BCUT2D eigenvalue weighted by Crippen LogP contribution is -2.44. The number of halogens is 1. The van der Waals surface area contributed by atoms with E-state index < -0.39 is 9.05 Å². The van der Waals surface area contributed by atoms with E-state index in [0.717, 1.165) is 0 Å². The van der Waals surface area contributed by atoms with Crippen LogP contribution in [0, 0.1) is 5.41 Å². The van der Waals surface area contributed by atoms with E-state index in [-0.39, 0.29) is 10.3 Å². The predicted molar refractivity (Wildman–Crippen MR) is 63.9 cm³/mol. The van der Waals surface area contributed by atoms with Crippen molar-refractivity contribution >= 4 is 19.7 Å². The maximum atomic E-state index is 11.0. The van der Waals surface area contributed by atoms with Gasteiger partial charge < -0.3 is 9.47 Å². The molecule has 0 aromatic heterocycles. The van der Waals surface area contributed by atoms with Crippen molar-refractivity contribution in [1.29, 1.82) is 0 Å². The first-order valence-electron chi connectivity index (χ1n) is 5.14.